The molecule has 1 saturated carbocycles. The second-order valence-corrected chi connectivity index (χ2v) is 7.43. The minimum atomic E-state index is 0. The summed E-state index contributed by atoms with van der Waals surface area (Å²) in [6, 6.07) is 8.16. The highest BCUT2D eigenvalue weighted by Crippen LogP contribution is 2.28. The van der Waals surface area contributed by atoms with Crippen molar-refractivity contribution in [3.8, 4) is 0 Å². The average Bonchev–Trinajstić information content (AvgIpc) is 3.03. The average molecular weight is 469 g/mol. The zero-order valence-electron chi connectivity index (χ0n) is 16.2. The van der Waals surface area contributed by atoms with Crippen molar-refractivity contribution >= 4 is 41.0 Å². The van der Waals surface area contributed by atoms with Crippen molar-refractivity contribution in [3.63, 3.8) is 0 Å². The molecule has 1 aliphatic carbocycles. The predicted octanol–water partition coefficient (Wildman–Crippen LogP) is 4.06. The van der Waals surface area contributed by atoms with Crippen LogP contribution in [-0.4, -0.2) is 48.0 Å². The lowest BCUT2D eigenvalue weighted by Crippen LogP contribution is -2.42. The van der Waals surface area contributed by atoms with E-state index in [0.717, 1.165) is 54.2 Å². The van der Waals surface area contributed by atoms with Gasteiger partial charge in [0.15, 0.2) is 5.96 Å². The molecular weight excluding hydrogens is 437 g/mol. The monoisotopic (exact) mass is 469 g/mol. The molecule has 0 spiro atoms. The van der Waals surface area contributed by atoms with Crippen molar-refractivity contribution in [3.05, 3.63) is 30.1 Å². The van der Waals surface area contributed by atoms with Gasteiger partial charge in [-0.1, -0.05) is 31.9 Å². The molecule has 0 unspecified atom stereocenters. The maximum absolute atomic E-state index is 4.63. The van der Waals surface area contributed by atoms with Crippen LogP contribution in [-0.2, 0) is 6.42 Å². The Morgan fingerprint density at radius 3 is 2.69 bits per heavy atom. The van der Waals surface area contributed by atoms with Gasteiger partial charge in [0, 0.05) is 33.6 Å². The molecule has 0 bridgehead atoms. The Labute approximate surface area is 174 Å². The summed E-state index contributed by atoms with van der Waals surface area (Å²) in [5, 5.41) is 3.48. The first-order valence-corrected chi connectivity index (χ1v) is 9.51. The number of hydrogen-bond donors (Lipinski definition) is 2. The molecule has 3 rings (SSSR count). The van der Waals surface area contributed by atoms with Gasteiger partial charge in [0.1, 0.15) is 5.82 Å². The van der Waals surface area contributed by atoms with E-state index in [2.05, 4.69) is 45.2 Å². The number of nitrogens with one attached hydrogen (secondary N) is 2. The molecule has 26 heavy (non-hydrogen) atoms. The molecular formula is C20H32IN5. The lowest BCUT2D eigenvalue weighted by Gasteiger charge is -2.31. The van der Waals surface area contributed by atoms with Gasteiger partial charge in [-0.3, -0.25) is 4.99 Å². The summed E-state index contributed by atoms with van der Waals surface area (Å²) in [5.41, 5.74) is 2.14. The molecule has 5 nitrogen and oxygen atoms in total. The summed E-state index contributed by atoms with van der Waals surface area (Å²) >= 11 is 0. The number of halogens is 1. The molecule has 1 fully saturated rings. The third-order valence-corrected chi connectivity index (χ3v) is 5.32. The molecule has 0 radical (unpaired) electrons. The van der Waals surface area contributed by atoms with Gasteiger partial charge in [0.2, 0.25) is 0 Å². The van der Waals surface area contributed by atoms with Crippen molar-refractivity contribution < 1.29 is 0 Å². The highest BCUT2D eigenvalue weighted by molar-refractivity contribution is 14.0. The smallest absolute Gasteiger partial charge is 0.193 e. The van der Waals surface area contributed by atoms with E-state index in [1.807, 2.05) is 25.2 Å². The van der Waals surface area contributed by atoms with Crippen LogP contribution in [0.2, 0.25) is 0 Å². The van der Waals surface area contributed by atoms with E-state index in [1.165, 1.54) is 25.7 Å². The summed E-state index contributed by atoms with van der Waals surface area (Å²) in [7, 11) is 4.01. The number of aromatic amines is 1. The summed E-state index contributed by atoms with van der Waals surface area (Å²) < 4.78 is 0. The fourth-order valence-corrected chi connectivity index (χ4v) is 3.79. The number of imidazole rings is 1. The van der Waals surface area contributed by atoms with Gasteiger partial charge in [-0.05, 0) is 36.8 Å². The fraction of sp³-hybridized carbons (Fsp3) is 0.600. The first kappa shape index (κ1) is 21.0. The Morgan fingerprint density at radius 1 is 1.27 bits per heavy atom. The lowest BCUT2D eigenvalue weighted by molar-refractivity contribution is 0.250. The Balaban J connectivity index is 0.00000243. The maximum Gasteiger partial charge on any atom is 0.193 e. The lowest BCUT2D eigenvalue weighted by atomic mass is 9.83. The zero-order chi connectivity index (χ0) is 17.6. The van der Waals surface area contributed by atoms with Gasteiger partial charge in [0.05, 0.1) is 11.0 Å². The van der Waals surface area contributed by atoms with E-state index in [9.17, 15) is 0 Å². The number of nitrogens with zero attached hydrogens (tertiary/aromatic N) is 3. The first-order chi connectivity index (χ1) is 12.2. The molecule has 1 heterocycles. The zero-order valence-corrected chi connectivity index (χ0v) is 18.5. The summed E-state index contributed by atoms with van der Waals surface area (Å²) in [6.07, 6.45) is 6.30. The van der Waals surface area contributed by atoms with Crippen molar-refractivity contribution in [1.29, 1.82) is 0 Å². The van der Waals surface area contributed by atoms with Gasteiger partial charge in [0.25, 0.3) is 0 Å². The van der Waals surface area contributed by atoms with E-state index in [1.54, 1.807) is 0 Å². The summed E-state index contributed by atoms with van der Waals surface area (Å²) in [6.45, 7) is 4.30. The number of hydrogen-bond acceptors (Lipinski definition) is 2. The van der Waals surface area contributed by atoms with Crippen LogP contribution < -0.4 is 5.32 Å². The van der Waals surface area contributed by atoms with Crippen molar-refractivity contribution in [2.24, 2.45) is 16.8 Å². The number of H-pyrrole nitrogens is 1. The molecule has 1 aromatic carbocycles. The van der Waals surface area contributed by atoms with Gasteiger partial charge in [-0.15, -0.1) is 24.0 Å². The Bertz CT molecular complexity index is 670. The fourth-order valence-electron chi connectivity index (χ4n) is 3.79. The van der Waals surface area contributed by atoms with E-state index >= 15 is 0 Å². The second kappa shape index (κ2) is 10.1. The number of guanidine groups is 1. The molecule has 2 aromatic rings. The molecule has 1 aromatic heterocycles. The van der Waals surface area contributed by atoms with Crippen LogP contribution in [0.25, 0.3) is 11.0 Å². The van der Waals surface area contributed by atoms with Gasteiger partial charge in [-0.2, -0.15) is 0 Å². The highest BCUT2D eigenvalue weighted by atomic mass is 127. The maximum atomic E-state index is 4.63. The molecule has 0 aliphatic heterocycles. The molecule has 0 saturated heterocycles. The van der Waals surface area contributed by atoms with Crippen LogP contribution >= 0.6 is 24.0 Å². The Morgan fingerprint density at radius 2 is 2.00 bits per heavy atom. The topological polar surface area (TPSA) is 56.3 Å². The number of fused-ring (bicyclic) bond motifs is 1. The number of para-hydroxylation sites is 2. The molecule has 1 aliphatic rings. The van der Waals surface area contributed by atoms with Gasteiger partial charge >= 0.3 is 0 Å². The third kappa shape index (κ3) is 5.59. The third-order valence-electron chi connectivity index (χ3n) is 5.32. The number of aromatic nitrogens is 2. The largest absolute Gasteiger partial charge is 0.356 e. The molecule has 6 heteroatoms. The van der Waals surface area contributed by atoms with Crippen molar-refractivity contribution in [2.45, 2.75) is 39.0 Å². The van der Waals surface area contributed by atoms with E-state index in [0.29, 0.717) is 0 Å². The standard InChI is InChI=1S/C20H31N5.HI/c1-15-8-10-16(11-9-15)14-25(3)20(21-2)22-13-12-19-23-17-6-4-5-7-18(17)24-19;/h4-7,15-16H,8-14H2,1-3H3,(H,21,22)(H,23,24);1H. The van der Waals surface area contributed by atoms with Crippen molar-refractivity contribution in [2.75, 3.05) is 27.2 Å². The second-order valence-electron chi connectivity index (χ2n) is 7.43. The van der Waals surface area contributed by atoms with Gasteiger partial charge < -0.3 is 15.2 Å². The van der Waals surface area contributed by atoms with Crippen LogP contribution in [0.15, 0.2) is 29.3 Å². The summed E-state index contributed by atoms with van der Waals surface area (Å²) in [5.74, 6) is 3.71. The SMILES string of the molecule is CN=C(NCCc1nc2ccccc2[nH]1)N(C)CC1CCC(C)CC1.I. The highest BCUT2D eigenvalue weighted by Gasteiger charge is 2.20. The molecule has 144 valence electrons. The van der Waals surface area contributed by atoms with Crippen LogP contribution in [0.5, 0.6) is 0 Å². The first-order valence-electron chi connectivity index (χ1n) is 9.51. The minimum Gasteiger partial charge on any atom is -0.356 e. The predicted molar refractivity (Wildman–Crippen MR) is 120 cm³/mol. The van der Waals surface area contributed by atoms with Crippen LogP contribution in [0, 0.1) is 11.8 Å². The van der Waals surface area contributed by atoms with Crippen LogP contribution in [0.3, 0.4) is 0 Å². The quantitative estimate of drug-likeness (QED) is 0.395. The van der Waals surface area contributed by atoms with Gasteiger partial charge in [-0.25, -0.2) is 4.98 Å². The Hall–Kier alpha value is -1.31. The van der Waals surface area contributed by atoms with E-state index in [4.69, 9.17) is 0 Å². The molecule has 2 N–H and O–H groups in total. The number of aliphatic imine (C=N–C) groups is 1. The minimum absolute atomic E-state index is 0. The normalized spacial score (nSPS) is 20.7. The Kier molecular flexibility index (Phi) is 8.18. The van der Waals surface area contributed by atoms with E-state index in [-0.39, 0.29) is 24.0 Å². The molecule has 0 atom stereocenters. The van der Waals surface area contributed by atoms with Crippen molar-refractivity contribution in [1.82, 2.24) is 20.2 Å². The van der Waals surface area contributed by atoms with Crippen LogP contribution in [0.1, 0.15) is 38.4 Å². The number of rotatable bonds is 5. The van der Waals surface area contributed by atoms with Crippen LogP contribution in [0.4, 0.5) is 0 Å². The molecule has 0 amide bonds. The number of benzene rings is 1. The summed E-state index contributed by atoms with van der Waals surface area (Å²) in [4.78, 5) is 14.7. The van der Waals surface area contributed by atoms with E-state index < -0.39 is 0 Å².